The van der Waals surface area contributed by atoms with Gasteiger partial charge in [-0.3, -0.25) is 0 Å². The average molecular weight is 1030 g/mol. The normalized spacial score (nSPS) is 11.8. The molecule has 79 heavy (non-hydrogen) atoms. The van der Waals surface area contributed by atoms with Gasteiger partial charge in [0.2, 0.25) is 0 Å². The van der Waals surface area contributed by atoms with Gasteiger partial charge in [0.05, 0.1) is 19.4 Å². The second-order valence-electron chi connectivity index (χ2n) is 22.1. The van der Waals surface area contributed by atoms with Crippen LogP contribution in [0.4, 0.5) is 34.1 Å². The van der Waals surface area contributed by atoms with E-state index < -0.39 is 8.07 Å². The lowest BCUT2D eigenvalue weighted by atomic mass is 9.84. The number of fused-ring (bicyclic) bond motifs is 2. The summed E-state index contributed by atoms with van der Waals surface area (Å²) in [5.41, 5.74) is 17.4. The number of benzene rings is 14. The molecule has 0 N–H and O–H groups in total. The summed E-state index contributed by atoms with van der Waals surface area (Å²) in [5.74, 6) is 0. The number of anilines is 6. The van der Waals surface area contributed by atoms with Crippen molar-refractivity contribution in [1.82, 2.24) is 0 Å². The molecular weight excluding hydrogens is 969 g/mol. The summed E-state index contributed by atoms with van der Waals surface area (Å²) >= 11 is 0. The zero-order valence-electron chi connectivity index (χ0n) is 45.0. The Morgan fingerprint density at radius 3 is 1.10 bits per heavy atom. The third-order valence-electron chi connectivity index (χ3n) is 16.2. The predicted octanol–water partition coefficient (Wildman–Crippen LogP) is 21.4. The Bertz CT molecular complexity index is 4570. The third-order valence-corrected chi connectivity index (χ3v) is 18.3. The highest BCUT2D eigenvalue weighted by atomic mass is 28.3. The van der Waals surface area contributed by atoms with Gasteiger partial charge < -0.3 is 9.80 Å². The molecule has 0 bridgehead atoms. The monoisotopic (exact) mass is 1030 g/mol. The largest absolute Gasteiger partial charge is 0.310 e. The summed E-state index contributed by atoms with van der Waals surface area (Å²) in [6, 6.07) is 104. The lowest BCUT2D eigenvalue weighted by Gasteiger charge is -2.31. The lowest BCUT2D eigenvalue weighted by Crippen LogP contribution is -2.37. The van der Waals surface area contributed by atoms with Crippen molar-refractivity contribution in [2.45, 2.75) is 26.6 Å². The molecule has 0 saturated heterocycles. The van der Waals surface area contributed by atoms with Gasteiger partial charge in [-0.2, -0.15) is 0 Å². The van der Waals surface area contributed by atoms with E-state index in [4.69, 9.17) is 0 Å². The van der Waals surface area contributed by atoms with Crippen LogP contribution in [0.2, 0.25) is 19.6 Å². The number of hydrogen-bond donors (Lipinski definition) is 0. The van der Waals surface area contributed by atoms with Crippen molar-refractivity contribution in [2.75, 3.05) is 9.80 Å². The summed E-state index contributed by atoms with van der Waals surface area (Å²) in [6.07, 6.45) is 0. The Morgan fingerprint density at radius 2 is 0.646 bits per heavy atom. The Labute approximate surface area is 464 Å². The highest BCUT2D eigenvalue weighted by Gasteiger charge is 2.27. The first-order chi connectivity index (χ1) is 38.7. The molecule has 0 spiro atoms. The zero-order valence-corrected chi connectivity index (χ0v) is 46.0. The van der Waals surface area contributed by atoms with Crippen LogP contribution in [-0.2, 0) is 0 Å². The van der Waals surface area contributed by atoms with Crippen molar-refractivity contribution in [1.29, 1.82) is 0 Å². The van der Waals surface area contributed by atoms with Crippen molar-refractivity contribution in [3.63, 3.8) is 0 Å². The fourth-order valence-corrected chi connectivity index (χ4v) is 13.4. The van der Waals surface area contributed by atoms with E-state index in [1.165, 1.54) is 109 Å². The molecule has 14 rings (SSSR count). The van der Waals surface area contributed by atoms with E-state index >= 15 is 0 Å². The summed E-state index contributed by atoms with van der Waals surface area (Å²) in [4.78, 5) is 5.03. The van der Waals surface area contributed by atoms with E-state index in [2.05, 4.69) is 315 Å². The highest BCUT2D eigenvalue weighted by molar-refractivity contribution is 6.88. The van der Waals surface area contributed by atoms with Crippen LogP contribution in [-0.4, -0.2) is 8.07 Å². The minimum Gasteiger partial charge on any atom is -0.310 e. The van der Waals surface area contributed by atoms with E-state index in [0.29, 0.717) is 0 Å². The summed E-state index contributed by atoms with van der Waals surface area (Å²) < 4.78 is 0. The maximum atomic E-state index is 2.53. The molecule has 0 aromatic heterocycles. The van der Waals surface area contributed by atoms with E-state index in [-0.39, 0.29) is 0 Å². The van der Waals surface area contributed by atoms with Crippen LogP contribution in [0, 0.1) is 6.92 Å². The fourth-order valence-electron chi connectivity index (χ4n) is 12.3. The number of rotatable bonds is 11. The molecule has 0 unspecified atom stereocenters. The quantitative estimate of drug-likeness (QED) is 0.0941. The summed E-state index contributed by atoms with van der Waals surface area (Å²) in [6.45, 7) is 9.47. The van der Waals surface area contributed by atoms with E-state index in [1.807, 2.05) is 0 Å². The fraction of sp³-hybridized carbons (Fsp3) is 0.0526. The molecule has 0 aliphatic heterocycles. The maximum Gasteiger partial charge on any atom is 0.0775 e. The molecule has 3 heteroatoms. The number of nitrogens with zero attached hydrogens (tertiary/aromatic N) is 2. The molecule has 14 aromatic carbocycles. The van der Waals surface area contributed by atoms with Crippen LogP contribution in [0.1, 0.15) is 5.56 Å². The molecule has 0 heterocycles. The summed E-state index contributed by atoms with van der Waals surface area (Å²) in [7, 11) is -1.63. The van der Waals surface area contributed by atoms with Gasteiger partial charge in [0, 0.05) is 44.3 Å². The number of aryl methyl sites for hydroxylation is 1. The van der Waals surface area contributed by atoms with E-state index in [9.17, 15) is 0 Å². The van der Waals surface area contributed by atoms with Crippen molar-refractivity contribution in [3.8, 4) is 44.5 Å². The first kappa shape index (κ1) is 47.9. The average Bonchev–Trinajstić information content (AvgIpc) is 3.42. The molecule has 0 radical (unpaired) electrons. The van der Waals surface area contributed by atoms with E-state index in [1.54, 1.807) is 0 Å². The minimum absolute atomic E-state index is 1.09. The van der Waals surface area contributed by atoms with Gasteiger partial charge in [0.25, 0.3) is 0 Å². The molecule has 0 aliphatic rings. The van der Waals surface area contributed by atoms with Crippen molar-refractivity contribution >= 4 is 101 Å². The first-order valence-electron chi connectivity index (χ1n) is 27.6. The molecule has 376 valence electrons. The predicted molar refractivity (Wildman–Crippen MR) is 344 cm³/mol. The SMILES string of the molecule is Cc1ccc(N(c2cccc(-c3ccccc3)c2)c2cc(-c3cccc4ccccc34)c3ccc4c(N(c5ccc([Si](C)(C)C)cc5)c5cccc(-c6ccccc6)c5)cc(-c5cccc6ccccc56)c5ccc2c3c54)cc1. The smallest absolute Gasteiger partial charge is 0.0775 e. The molecular formula is C76H58N2Si. The van der Waals surface area contributed by atoms with Crippen LogP contribution in [0.5, 0.6) is 0 Å². The van der Waals surface area contributed by atoms with Crippen LogP contribution in [0.15, 0.2) is 279 Å². The van der Waals surface area contributed by atoms with Crippen molar-refractivity contribution in [2.24, 2.45) is 0 Å². The third kappa shape index (κ3) is 8.51. The molecule has 0 amide bonds. The molecule has 2 nitrogen and oxygen atoms in total. The molecule has 14 aromatic rings. The van der Waals surface area contributed by atoms with Crippen molar-refractivity contribution < 1.29 is 0 Å². The van der Waals surface area contributed by atoms with E-state index in [0.717, 1.165) is 34.1 Å². The van der Waals surface area contributed by atoms with Gasteiger partial charge >= 0.3 is 0 Å². The zero-order chi connectivity index (χ0) is 53.2. The van der Waals surface area contributed by atoms with Crippen LogP contribution >= 0.6 is 0 Å². The topological polar surface area (TPSA) is 6.48 Å². The summed E-state index contributed by atoms with van der Waals surface area (Å²) in [5, 5.41) is 13.6. The van der Waals surface area contributed by atoms with Gasteiger partial charge in [0.15, 0.2) is 0 Å². The Balaban J connectivity index is 1.14. The van der Waals surface area contributed by atoms with Gasteiger partial charge in [-0.1, -0.05) is 249 Å². The maximum absolute atomic E-state index is 2.53. The Kier molecular flexibility index (Phi) is 11.8. The second kappa shape index (κ2) is 19.5. The highest BCUT2D eigenvalue weighted by Crippen LogP contribution is 2.53. The van der Waals surface area contributed by atoms with Crippen molar-refractivity contribution in [3.05, 3.63) is 285 Å². The molecule has 0 atom stereocenters. The number of hydrogen-bond acceptors (Lipinski definition) is 2. The Morgan fingerprint density at radius 1 is 0.266 bits per heavy atom. The van der Waals surface area contributed by atoms with Gasteiger partial charge in [-0.15, -0.1) is 0 Å². The molecule has 0 fully saturated rings. The molecule has 0 aliphatic carbocycles. The standard InChI is InChI=1S/C76H58N2Si/c1-51-35-37-58(38-36-51)77(60-29-15-27-56(47-60)52-19-7-5-8-20-52)73-49-71(65-33-17-25-54-23-11-13-31-63(54)65)67-44-46-70-74(50-72(68-43-45-69(73)75(67)76(68)70)66-34-18-26-55-24-12-14-32-64(55)66)78(59-39-41-62(42-40-59)79(2,3)4)61-30-16-28-57(48-61)53-21-9-6-10-22-53/h5-50H,1-4H3. The second-order valence-corrected chi connectivity index (χ2v) is 27.2. The Hall–Kier alpha value is -9.54. The van der Waals surface area contributed by atoms with Gasteiger partial charge in [0.1, 0.15) is 0 Å². The minimum atomic E-state index is -1.63. The molecule has 0 saturated carbocycles. The van der Waals surface area contributed by atoms with Crippen LogP contribution in [0.3, 0.4) is 0 Å². The first-order valence-corrected chi connectivity index (χ1v) is 31.1. The van der Waals surface area contributed by atoms with Crippen LogP contribution < -0.4 is 15.0 Å². The lowest BCUT2D eigenvalue weighted by molar-refractivity contribution is 1.29. The van der Waals surface area contributed by atoms with Crippen LogP contribution in [0.25, 0.3) is 98.4 Å². The van der Waals surface area contributed by atoms with Gasteiger partial charge in [-0.05, 0) is 144 Å². The van der Waals surface area contributed by atoms with Gasteiger partial charge in [-0.25, -0.2) is 0 Å².